The summed E-state index contributed by atoms with van der Waals surface area (Å²) in [4.78, 5) is 31.1. The number of carbonyl (C=O) groups is 1. The molecule has 0 bridgehead atoms. The molecular weight excluding hydrogens is 328 g/mol. The van der Waals surface area contributed by atoms with Crippen molar-refractivity contribution < 1.29 is 4.79 Å². The molecule has 1 aromatic carbocycles. The lowest BCUT2D eigenvalue weighted by atomic mass is 10.0. The number of H-pyrrole nitrogens is 1. The predicted molar refractivity (Wildman–Crippen MR) is 100 cm³/mol. The van der Waals surface area contributed by atoms with Gasteiger partial charge < -0.3 is 4.90 Å². The van der Waals surface area contributed by atoms with E-state index in [-0.39, 0.29) is 17.4 Å². The molecule has 3 heterocycles. The molecule has 6 heteroatoms. The van der Waals surface area contributed by atoms with Gasteiger partial charge in [-0.1, -0.05) is 35.9 Å². The van der Waals surface area contributed by atoms with Crippen LogP contribution in [0.25, 0.3) is 16.8 Å². The van der Waals surface area contributed by atoms with Gasteiger partial charge in [-0.05, 0) is 12.5 Å². The highest BCUT2D eigenvalue weighted by Crippen LogP contribution is 2.28. The van der Waals surface area contributed by atoms with Crippen molar-refractivity contribution in [2.45, 2.75) is 19.3 Å². The van der Waals surface area contributed by atoms with Crippen LogP contribution in [0.1, 0.15) is 23.6 Å². The number of rotatable bonds is 4. The zero-order valence-electron chi connectivity index (χ0n) is 14.6. The topological polar surface area (TPSA) is 70.5 Å². The number of nitrogens with one attached hydrogen (secondary N) is 1. The molecule has 132 valence electrons. The average Bonchev–Trinajstić information content (AvgIpc) is 3.21. The highest BCUT2D eigenvalue weighted by atomic mass is 16.2. The molecule has 0 spiro atoms. The van der Waals surface area contributed by atoms with Crippen LogP contribution in [0.3, 0.4) is 0 Å². The number of aromatic nitrogens is 3. The lowest BCUT2D eigenvalue weighted by Gasteiger charge is -2.13. The summed E-state index contributed by atoms with van der Waals surface area (Å²) >= 11 is 0. The van der Waals surface area contributed by atoms with Gasteiger partial charge in [0, 0.05) is 43.3 Å². The monoisotopic (exact) mass is 348 g/mol. The van der Waals surface area contributed by atoms with Crippen LogP contribution in [0.15, 0.2) is 54.0 Å². The van der Waals surface area contributed by atoms with Crippen LogP contribution in [0.5, 0.6) is 0 Å². The standard InChI is InChI=1S/C20H20N4O2/c1-3-8-23-12-15(9-18(23)25)17-10-19(26)24-20(22-17)16(11-21-24)14-6-4-13(2)5-7-14/h3-7,10-11,15,21H,1,8-9,12H2,2H3. The summed E-state index contributed by atoms with van der Waals surface area (Å²) in [5.74, 6) is 0.00523. The van der Waals surface area contributed by atoms with E-state index in [4.69, 9.17) is 4.98 Å². The second kappa shape index (κ2) is 6.29. The number of amides is 1. The maximum atomic E-state index is 12.5. The van der Waals surface area contributed by atoms with E-state index in [1.807, 2.05) is 31.2 Å². The largest absolute Gasteiger partial charge is 0.338 e. The molecule has 1 N–H and O–H groups in total. The molecule has 4 rings (SSSR count). The van der Waals surface area contributed by atoms with Crippen molar-refractivity contribution in [1.29, 1.82) is 0 Å². The van der Waals surface area contributed by atoms with Gasteiger partial charge >= 0.3 is 0 Å². The smallest absolute Gasteiger partial charge is 0.272 e. The Morgan fingerprint density at radius 1 is 1.31 bits per heavy atom. The fourth-order valence-electron chi connectivity index (χ4n) is 3.46. The van der Waals surface area contributed by atoms with E-state index < -0.39 is 0 Å². The van der Waals surface area contributed by atoms with Crippen molar-refractivity contribution in [1.82, 2.24) is 19.5 Å². The van der Waals surface area contributed by atoms with Crippen molar-refractivity contribution in [2.24, 2.45) is 0 Å². The van der Waals surface area contributed by atoms with E-state index in [1.54, 1.807) is 17.2 Å². The third-order valence-electron chi connectivity index (χ3n) is 4.86. The highest BCUT2D eigenvalue weighted by Gasteiger charge is 2.31. The van der Waals surface area contributed by atoms with Gasteiger partial charge in [0.25, 0.3) is 5.56 Å². The molecule has 3 aromatic rings. The molecule has 2 aromatic heterocycles. The van der Waals surface area contributed by atoms with E-state index in [0.717, 1.165) is 11.1 Å². The Hall–Kier alpha value is -3.15. The first-order valence-corrected chi connectivity index (χ1v) is 8.63. The van der Waals surface area contributed by atoms with Gasteiger partial charge in [-0.2, -0.15) is 0 Å². The molecule has 1 unspecified atom stereocenters. The molecule has 1 atom stereocenters. The summed E-state index contributed by atoms with van der Waals surface area (Å²) in [7, 11) is 0. The van der Waals surface area contributed by atoms with Gasteiger partial charge in [0.05, 0.1) is 5.69 Å². The third kappa shape index (κ3) is 2.73. The Morgan fingerprint density at radius 3 is 2.81 bits per heavy atom. The summed E-state index contributed by atoms with van der Waals surface area (Å²) < 4.78 is 1.44. The van der Waals surface area contributed by atoms with Crippen LogP contribution >= 0.6 is 0 Å². The summed E-state index contributed by atoms with van der Waals surface area (Å²) in [5.41, 5.74) is 4.13. The first-order valence-electron chi connectivity index (χ1n) is 8.63. The number of aromatic amines is 1. The van der Waals surface area contributed by atoms with Crippen LogP contribution in [-0.4, -0.2) is 38.5 Å². The van der Waals surface area contributed by atoms with Gasteiger partial charge in [0.1, 0.15) is 0 Å². The highest BCUT2D eigenvalue weighted by molar-refractivity contribution is 5.80. The summed E-state index contributed by atoms with van der Waals surface area (Å²) in [5, 5.41) is 2.98. The van der Waals surface area contributed by atoms with E-state index >= 15 is 0 Å². The molecule has 1 aliphatic rings. The van der Waals surface area contributed by atoms with Gasteiger partial charge in [-0.25, -0.2) is 9.50 Å². The van der Waals surface area contributed by atoms with Crippen LogP contribution in [0.2, 0.25) is 0 Å². The first kappa shape index (κ1) is 16.3. The second-order valence-electron chi connectivity index (χ2n) is 6.72. The van der Waals surface area contributed by atoms with Crippen LogP contribution in [0.4, 0.5) is 0 Å². The zero-order chi connectivity index (χ0) is 18.3. The number of likely N-dealkylation sites (tertiary alicyclic amines) is 1. The fraction of sp³-hybridized carbons (Fsp3) is 0.250. The number of aryl methyl sites for hydroxylation is 1. The minimum absolute atomic E-state index is 0.0686. The van der Waals surface area contributed by atoms with Crippen LogP contribution < -0.4 is 5.56 Å². The minimum Gasteiger partial charge on any atom is -0.338 e. The van der Waals surface area contributed by atoms with Gasteiger partial charge in [0.2, 0.25) is 5.91 Å². The van der Waals surface area contributed by atoms with Crippen molar-refractivity contribution in [3.8, 4) is 11.1 Å². The van der Waals surface area contributed by atoms with Gasteiger partial charge in [-0.3, -0.25) is 14.7 Å². The molecule has 1 amide bonds. The Morgan fingerprint density at radius 2 is 2.08 bits per heavy atom. The van der Waals surface area contributed by atoms with Crippen LogP contribution in [0, 0.1) is 6.92 Å². The predicted octanol–water partition coefficient (Wildman–Crippen LogP) is 2.50. The lowest BCUT2D eigenvalue weighted by Crippen LogP contribution is -2.25. The first-order chi connectivity index (χ1) is 12.6. The Labute approximate surface area is 150 Å². The van der Waals surface area contributed by atoms with Crippen LogP contribution in [-0.2, 0) is 4.79 Å². The molecule has 1 fully saturated rings. The maximum Gasteiger partial charge on any atom is 0.272 e. The number of hydrogen-bond donors (Lipinski definition) is 1. The number of nitrogens with zero attached hydrogens (tertiary/aromatic N) is 3. The average molecular weight is 348 g/mol. The Bertz CT molecular complexity index is 1050. The van der Waals surface area contributed by atoms with E-state index in [9.17, 15) is 9.59 Å². The number of hydrogen-bond acceptors (Lipinski definition) is 3. The Balaban J connectivity index is 1.77. The molecule has 1 aliphatic heterocycles. The molecule has 0 saturated carbocycles. The van der Waals surface area contributed by atoms with Crippen molar-refractivity contribution in [3.63, 3.8) is 0 Å². The normalized spacial score (nSPS) is 17.2. The minimum atomic E-state index is -0.169. The SMILES string of the molecule is C=CCN1CC(c2cc(=O)n3[nH]cc(-c4ccc(C)cc4)c3n2)CC1=O. The summed E-state index contributed by atoms with van der Waals surface area (Å²) in [6.45, 7) is 6.81. The van der Waals surface area contributed by atoms with Crippen molar-refractivity contribution >= 4 is 11.6 Å². The van der Waals surface area contributed by atoms with E-state index in [2.05, 4.69) is 11.7 Å². The Kier molecular flexibility index (Phi) is 3.95. The quantitative estimate of drug-likeness (QED) is 0.737. The van der Waals surface area contributed by atoms with Gasteiger partial charge in [-0.15, -0.1) is 6.58 Å². The molecule has 1 saturated heterocycles. The third-order valence-corrected chi connectivity index (χ3v) is 4.86. The molecule has 0 radical (unpaired) electrons. The molecule has 26 heavy (non-hydrogen) atoms. The number of fused-ring (bicyclic) bond motifs is 1. The van der Waals surface area contributed by atoms with Crippen molar-refractivity contribution in [2.75, 3.05) is 13.1 Å². The lowest BCUT2D eigenvalue weighted by molar-refractivity contribution is -0.127. The van der Waals surface area contributed by atoms with E-state index in [0.29, 0.717) is 30.9 Å². The molecule has 6 nitrogen and oxygen atoms in total. The molecular formula is C20H20N4O2. The van der Waals surface area contributed by atoms with Gasteiger partial charge in [0.15, 0.2) is 5.65 Å². The zero-order valence-corrected chi connectivity index (χ0v) is 14.6. The molecule has 0 aliphatic carbocycles. The maximum absolute atomic E-state index is 12.5. The van der Waals surface area contributed by atoms with E-state index in [1.165, 1.54) is 16.1 Å². The summed E-state index contributed by atoms with van der Waals surface area (Å²) in [6, 6.07) is 9.62. The number of benzene rings is 1. The second-order valence-corrected chi connectivity index (χ2v) is 6.72. The fourth-order valence-corrected chi connectivity index (χ4v) is 3.46. The van der Waals surface area contributed by atoms with Crippen molar-refractivity contribution in [3.05, 3.63) is 70.8 Å². The number of carbonyl (C=O) groups excluding carboxylic acids is 1. The summed E-state index contributed by atoms with van der Waals surface area (Å²) in [6.07, 6.45) is 3.89.